The number of benzene rings is 1. The summed E-state index contributed by atoms with van der Waals surface area (Å²) in [6, 6.07) is 8.46. The fraction of sp³-hybridized carbons (Fsp3) is 0.533. The lowest BCUT2D eigenvalue weighted by atomic mass is 9.99. The van der Waals surface area contributed by atoms with E-state index in [2.05, 4.69) is 24.1 Å². The minimum Gasteiger partial charge on any atom is -0.330 e. The van der Waals surface area contributed by atoms with Gasteiger partial charge in [0.1, 0.15) is 0 Å². The van der Waals surface area contributed by atoms with Gasteiger partial charge in [-0.1, -0.05) is 12.1 Å². The molecular weight excluding hydrogens is 254 g/mol. The van der Waals surface area contributed by atoms with Gasteiger partial charge in [0, 0.05) is 12.6 Å². The van der Waals surface area contributed by atoms with E-state index in [1.165, 1.54) is 10.6 Å². The molecule has 2 aliphatic rings. The van der Waals surface area contributed by atoms with Crippen LogP contribution >= 0.6 is 0 Å². The monoisotopic (exact) mass is 275 g/mol. The van der Waals surface area contributed by atoms with E-state index in [1.54, 1.807) is 0 Å². The van der Waals surface area contributed by atoms with Crippen LogP contribution < -0.4 is 10.8 Å². The van der Waals surface area contributed by atoms with Crippen LogP contribution in [0.4, 0.5) is 5.69 Å². The maximum absolute atomic E-state index is 11.7. The minimum atomic E-state index is 0.0294. The van der Waals surface area contributed by atoms with Gasteiger partial charge in [-0.25, -0.2) is 0 Å². The van der Waals surface area contributed by atoms with E-state index in [1.807, 2.05) is 12.1 Å². The van der Waals surface area contributed by atoms with Crippen molar-refractivity contribution < 1.29 is 9.63 Å². The van der Waals surface area contributed by atoms with E-state index in [0.717, 1.165) is 25.2 Å². The Bertz CT molecular complexity index is 506. The number of rotatable bonds is 3. The molecule has 2 heterocycles. The number of carbonyl (C=O) groups is 1. The fourth-order valence-electron chi connectivity index (χ4n) is 3.14. The number of anilines is 1. The van der Waals surface area contributed by atoms with E-state index in [0.29, 0.717) is 25.0 Å². The number of amides is 1. The van der Waals surface area contributed by atoms with Gasteiger partial charge < -0.3 is 5.73 Å². The van der Waals surface area contributed by atoms with Gasteiger partial charge in [-0.3, -0.25) is 14.5 Å². The summed E-state index contributed by atoms with van der Waals surface area (Å²) in [7, 11) is 2.13. The van der Waals surface area contributed by atoms with Gasteiger partial charge >= 0.3 is 0 Å². The zero-order valence-corrected chi connectivity index (χ0v) is 11.8. The van der Waals surface area contributed by atoms with Crippen LogP contribution in [-0.4, -0.2) is 37.6 Å². The van der Waals surface area contributed by atoms with E-state index < -0.39 is 0 Å². The lowest BCUT2D eigenvalue weighted by Gasteiger charge is -2.21. The first-order valence-corrected chi connectivity index (χ1v) is 7.15. The van der Waals surface area contributed by atoms with E-state index in [4.69, 9.17) is 10.6 Å². The van der Waals surface area contributed by atoms with Gasteiger partial charge in [0.05, 0.1) is 18.7 Å². The Morgan fingerprint density at radius 3 is 2.95 bits per heavy atom. The normalized spacial score (nSPS) is 27.5. The smallest absolute Gasteiger partial charge is 0.253 e. The number of carbonyl (C=O) groups excluding carboxylic acids is 1. The maximum Gasteiger partial charge on any atom is 0.253 e. The third-order valence-corrected chi connectivity index (χ3v) is 4.22. The largest absolute Gasteiger partial charge is 0.330 e. The second-order valence-corrected chi connectivity index (χ2v) is 5.66. The van der Waals surface area contributed by atoms with Crippen molar-refractivity contribution in [1.29, 1.82) is 0 Å². The molecule has 2 saturated heterocycles. The van der Waals surface area contributed by atoms with Crippen LogP contribution in [0.25, 0.3) is 0 Å². The van der Waals surface area contributed by atoms with Gasteiger partial charge in [0.2, 0.25) is 0 Å². The zero-order valence-electron chi connectivity index (χ0n) is 11.8. The minimum absolute atomic E-state index is 0.0294. The summed E-state index contributed by atoms with van der Waals surface area (Å²) >= 11 is 0. The summed E-state index contributed by atoms with van der Waals surface area (Å²) in [4.78, 5) is 19.5. The molecule has 5 heteroatoms. The molecule has 5 nitrogen and oxygen atoms in total. The van der Waals surface area contributed by atoms with Crippen LogP contribution in [0.5, 0.6) is 0 Å². The van der Waals surface area contributed by atoms with Crippen LogP contribution in [0.15, 0.2) is 24.3 Å². The molecule has 20 heavy (non-hydrogen) atoms. The Balaban J connectivity index is 1.82. The number of hydrogen-bond donors (Lipinski definition) is 1. The van der Waals surface area contributed by atoms with E-state index in [-0.39, 0.29) is 5.91 Å². The molecule has 0 aromatic heterocycles. The molecule has 3 rings (SSSR count). The predicted molar refractivity (Wildman–Crippen MR) is 77.0 cm³/mol. The Morgan fingerprint density at radius 1 is 1.45 bits per heavy atom. The van der Waals surface area contributed by atoms with Gasteiger partial charge in [-0.15, -0.1) is 0 Å². The molecule has 0 spiro atoms. The molecule has 0 saturated carbocycles. The summed E-state index contributed by atoms with van der Waals surface area (Å²) in [5.41, 5.74) is 7.84. The summed E-state index contributed by atoms with van der Waals surface area (Å²) < 4.78 is 0. The Kier molecular flexibility index (Phi) is 3.74. The first-order valence-electron chi connectivity index (χ1n) is 7.15. The molecule has 2 fully saturated rings. The van der Waals surface area contributed by atoms with Gasteiger partial charge in [-0.05, 0) is 43.6 Å². The zero-order chi connectivity index (χ0) is 14.1. The average molecular weight is 275 g/mol. The van der Waals surface area contributed by atoms with Crippen molar-refractivity contribution in [3.8, 4) is 0 Å². The molecule has 2 unspecified atom stereocenters. The molecular formula is C15H21N3O2. The number of hydrogen-bond acceptors (Lipinski definition) is 4. The molecule has 2 aliphatic heterocycles. The highest BCUT2D eigenvalue weighted by atomic mass is 16.7. The highest BCUT2D eigenvalue weighted by Crippen LogP contribution is 2.35. The molecule has 1 aromatic carbocycles. The lowest BCUT2D eigenvalue weighted by molar-refractivity contribution is -0.119. The SMILES string of the molecule is CN1CC(CN)CC1c1cccc(N2OCCC2=O)c1. The van der Waals surface area contributed by atoms with Gasteiger partial charge in [0.25, 0.3) is 5.91 Å². The first-order chi connectivity index (χ1) is 9.69. The number of hydroxylamine groups is 1. The first kappa shape index (κ1) is 13.5. The number of nitrogens with zero attached hydrogens (tertiary/aromatic N) is 2. The lowest BCUT2D eigenvalue weighted by Crippen LogP contribution is -2.23. The second-order valence-electron chi connectivity index (χ2n) is 5.66. The van der Waals surface area contributed by atoms with Gasteiger partial charge in [0.15, 0.2) is 0 Å². The van der Waals surface area contributed by atoms with Crippen molar-refractivity contribution in [3.05, 3.63) is 29.8 Å². The van der Waals surface area contributed by atoms with E-state index >= 15 is 0 Å². The summed E-state index contributed by atoms with van der Waals surface area (Å²) in [6.07, 6.45) is 1.54. The Labute approximate surface area is 119 Å². The molecule has 2 N–H and O–H groups in total. The van der Waals surface area contributed by atoms with Gasteiger partial charge in [-0.2, -0.15) is 5.06 Å². The molecule has 1 aromatic rings. The molecule has 1 amide bonds. The van der Waals surface area contributed by atoms with Crippen molar-refractivity contribution in [3.63, 3.8) is 0 Å². The van der Waals surface area contributed by atoms with Crippen LogP contribution in [0.1, 0.15) is 24.4 Å². The standard InChI is InChI=1S/C15H21N3O2/c1-17-10-11(9-16)7-14(17)12-3-2-4-13(8-12)18-15(19)5-6-20-18/h2-4,8,11,14H,5-7,9-10,16H2,1H3. The Hall–Kier alpha value is -1.43. The topological polar surface area (TPSA) is 58.8 Å². The second kappa shape index (κ2) is 5.52. The van der Waals surface area contributed by atoms with Crippen LogP contribution in [-0.2, 0) is 9.63 Å². The molecule has 108 valence electrons. The van der Waals surface area contributed by atoms with Crippen molar-refractivity contribution in [2.24, 2.45) is 11.7 Å². The molecule has 0 bridgehead atoms. The fourth-order valence-corrected chi connectivity index (χ4v) is 3.14. The summed E-state index contributed by atoms with van der Waals surface area (Å²) in [6.45, 7) is 2.24. The van der Waals surface area contributed by atoms with Crippen LogP contribution in [0.2, 0.25) is 0 Å². The molecule has 2 atom stereocenters. The molecule has 0 aliphatic carbocycles. The van der Waals surface area contributed by atoms with Crippen molar-refractivity contribution in [2.45, 2.75) is 18.9 Å². The summed E-state index contributed by atoms with van der Waals surface area (Å²) in [5.74, 6) is 0.583. The quantitative estimate of drug-likeness (QED) is 0.903. The predicted octanol–water partition coefficient (Wildman–Crippen LogP) is 1.31. The summed E-state index contributed by atoms with van der Waals surface area (Å²) in [5, 5.41) is 1.42. The number of likely N-dealkylation sites (tertiary alicyclic amines) is 1. The third-order valence-electron chi connectivity index (χ3n) is 4.22. The molecule has 0 radical (unpaired) electrons. The van der Waals surface area contributed by atoms with Crippen LogP contribution in [0.3, 0.4) is 0 Å². The van der Waals surface area contributed by atoms with Crippen LogP contribution in [0, 0.1) is 5.92 Å². The van der Waals surface area contributed by atoms with Crippen molar-refractivity contribution >= 4 is 11.6 Å². The Morgan fingerprint density at radius 2 is 2.30 bits per heavy atom. The average Bonchev–Trinajstić information content (AvgIpc) is 3.05. The highest BCUT2D eigenvalue weighted by Gasteiger charge is 2.30. The van der Waals surface area contributed by atoms with E-state index in [9.17, 15) is 4.79 Å². The third kappa shape index (κ3) is 2.44. The number of nitrogens with two attached hydrogens (primary N) is 1. The highest BCUT2D eigenvalue weighted by molar-refractivity contribution is 5.92. The maximum atomic E-state index is 11.7. The van der Waals surface area contributed by atoms with Crippen molar-refractivity contribution in [1.82, 2.24) is 4.90 Å². The van der Waals surface area contributed by atoms with Crippen molar-refractivity contribution in [2.75, 3.05) is 31.8 Å².